The molecule has 1 aromatic rings. The fourth-order valence-corrected chi connectivity index (χ4v) is 2.44. The highest BCUT2D eigenvalue weighted by molar-refractivity contribution is 5.87. The van der Waals surface area contributed by atoms with Crippen molar-refractivity contribution in [1.82, 2.24) is 4.90 Å². The first kappa shape index (κ1) is 15.8. The molecule has 5 heteroatoms. The average molecular weight is 293 g/mol. The zero-order valence-corrected chi connectivity index (χ0v) is 12.5. The lowest BCUT2D eigenvalue weighted by molar-refractivity contribution is 0.0696. The highest BCUT2D eigenvalue weighted by Crippen LogP contribution is 2.14. The Kier molecular flexibility index (Phi) is 6.02. The van der Waals surface area contributed by atoms with Crippen LogP contribution in [0.4, 0.5) is 0 Å². The van der Waals surface area contributed by atoms with E-state index in [1.807, 2.05) is 0 Å². The Hall–Kier alpha value is -1.59. The molecule has 0 amide bonds. The molecule has 2 rings (SSSR count). The third-order valence-electron chi connectivity index (χ3n) is 3.71. The molecule has 5 nitrogen and oxygen atoms in total. The predicted molar refractivity (Wildman–Crippen MR) is 80.0 cm³/mol. The van der Waals surface area contributed by atoms with E-state index in [9.17, 15) is 4.79 Å². The van der Waals surface area contributed by atoms with Crippen molar-refractivity contribution in [1.29, 1.82) is 0 Å². The monoisotopic (exact) mass is 293 g/mol. The van der Waals surface area contributed by atoms with Crippen LogP contribution >= 0.6 is 0 Å². The molecule has 0 bridgehead atoms. The van der Waals surface area contributed by atoms with Crippen LogP contribution in [-0.2, 0) is 4.74 Å². The number of aromatic carboxylic acids is 1. The largest absolute Gasteiger partial charge is 0.492 e. The number of carboxylic acids is 1. The number of ether oxygens (including phenoxy) is 2. The summed E-state index contributed by atoms with van der Waals surface area (Å²) >= 11 is 0. The fourth-order valence-electron chi connectivity index (χ4n) is 2.44. The molecule has 1 unspecified atom stereocenters. The Morgan fingerprint density at radius 2 is 2.19 bits per heavy atom. The SMILES string of the molecule is CCN(CCOc1ccc(C(=O)O)cc1)CC1CCCO1. The summed E-state index contributed by atoms with van der Waals surface area (Å²) in [7, 11) is 0. The Bertz CT molecular complexity index is 440. The van der Waals surface area contributed by atoms with Gasteiger partial charge in [-0.2, -0.15) is 0 Å². The van der Waals surface area contributed by atoms with Crippen molar-refractivity contribution in [3.8, 4) is 5.75 Å². The molecule has 21 heavy (non-hydrogen) atoms. The van der Waals surface area contributed by atoms with Crippen LogP contribution in [0.25, 0.3) is 0 Å². The molecule has 1 saturated heterocycles. The van der Waals surface area contributed by atoms with Gasteiger partial charge in [0.05, 0.1) is 11.7 Å². The summed E-state index contributed by atoms with van der Waals surface area (Å²) in [6.45, 7) is 6.38. The summed E-state index contributed by atoms with van der Waals surface area (Å²) in [5.41, 5.74) is 0.274. The van der Waals surface area contributed by atoms with Crippen molar-refractivity contribution >= 4 is 5.97 Å². The molecule has 0 aliphatic carbocycles. The van der Waals surface area contributed by atoms with Crippen molar-refractivity contribution in [2.75, 3.05) is 32.8 Å². The van der Waals surface area contributed by atoms with Gasteiger partial charge in [0, 0.05) is 19.7 Å². The van der Waals surface area contributed by atoms with Gasteiger partial charge in [-0.25, -0.2) is 4.79 Å². The van der Waals surface area contributed by atoms with E-state index in [0.717, 1.165) is 39.1 Å². The van der Waals surface area contributed by atoms with Crippen molar-refractivity contribution < 1.29 is 19.4 Å². The van der Waals surface area contributed by atoms with Crippen LogP contribution in [0.3, 0.4) is 0 Å². The van der Waals surface area contributed by atoms with Gasteiger partial charge in [0.2, 0.25) is 0 Å². The van der Waals surface area contributed by atoms with Crippen LogP contribution < -0.4 is 4.74 Å². The smallest absolute Gasteiger partial charge is 0.335 e. The van der Waals surface area contributed by atoms with Crippen LogP contribution in [0.15, 0.2) is 24.3 Å². The maximum atomic E-state index is 10.8. The number of benzene rings is 1. The number of rotatable bonds is 8. The first-order valence-corrected chi connectivity index (χ1v) is 7.49. The fraction of sp³-hybridized carbons (Fsp3) is 0.562. The summed E-state index contributed by atoms with van der Waals surface area (Å²) in [5.74, 6) is -0.219. The zero-order valence-electron chi connectivity index (χ0n) is 12.5. The van der Waals surface area contributed by atoms with Gasteiger partial charge in [0.15, 0.2) is 0 Å². The van der Waals surface area contributed by atoms with Crippen LogP contribution in [-0.4, -0.2) is 54.9 Å². The van der Waals surface area contributed by atoms with Gasteiger partial charge < -0.3 is 14.6 Å². The normalized spacial score (nSPS) is 18.1. The molecule has 1 N–H and O–H groups in total. The van der Waals surface area contributed by atoms with Crippen LogP contribution in [0.1, 0.15) is 30.1 Å². The summed E-state index contributed by atoms with van der Waals surface area (Å²) in [5, 5.41) is 8.83. The van der Waals surface area contributed by atoms with Gasteiger partial charge in [-0.05, 0) is 43.7 Å². The van der Waals surface area contributed by atoms with Gasteiger partial charge in [0.1, 0.15) is 12.4 Å². The number of hydrogen-bond acceptors (Lipinski definition) is 4. The number of hydrogen-bond donors (Lipinski definition) is 1. The maximum Gasteiger partial charge on any atom is 0.335 e. The second-order valence-corrected chi connectivity index (χ2v) is 5.21. The molecular weight excluding hydrogens is 270 g/mol. The summed E-state index contributed by atoms with van der Waals surface area (Å²) in [4.78, 5) is 13.1. The Morgan fingerprint density at radius 1 is 1.43 bits per heavy atom. The van der Waals surface area contributed by atoms with Gasteiger partial charge in [-0.1, -0.05) is 6.92 Å². The average Bonchev–Trinajstić information content (AvgIpc) is 2.99. The molecule has 1 aromatic carbocycles. The van der Waals surface area contributed by atoms with E-state index < -0.39 is 5.97 Å². The van der Waals surface area contributed by atoms with E-state index in [1.54, 1.807) is 24.3 Å². The second-order valence-electron chi connectivity index (χ2n) is 5.21. The Labute approximate surface area is 125 Å². The van der Waals surface area contributed by atoms with E-state index >= 15 is 0 Å². The molecule has 0 spiro atoms. The Morgan fingerprint density at radius 3 is 2.76 bits per heavy atom. The summed E-state index contributed by atoms with van der Waals surface area (Å²) < 4.78 is 11.3. The van der Waals surface area contributed by atoms with Gasteiger partial charge in [-0.3, -0.25) is 4.90 Å². The quantitative estimate of drug-likeness (QED) is 0.796. The van der Waals surface area contributed by atoms with Crippen molar-refractivity contribution in [3.05, 3.63) is 29.8 Å². The third kappa shape index (κ3) is 5.02. The molecule has 1 aliphatic heterocycles. The van der Waals surface area contributed by atoms with Gasteiger partial charge >= 0.3 is 5.97 Å². The summed E-state index contributed by atoms with van der Waals surface area (Å²) in [6.07, 6.45) is 2.67. The molecule has 1 atom stereocenters. The summed E-state index contributed by atoms with van der Waals surface area (Å²) in [6, 6.07) is 6.50. The molecule has 0 saturated carbocycles. The number of carboxylic acid groups (broad SMARTS) is 1. The number of carbonyl (C=O) groups is 1. The molecule has 116 valence electrons. The highest BCUT2D eigenvalue weighted by Gasteiger charge is 2.18. The topological polar surface area (TPSA) is 59.0 Å². The maximum absolute atomic E-state index is 10.8. The van der Waals surface area contributed by atoms with Gasteiger partial charge in [-0.15, -0.1) is 0 Å². The van der Waals surface area contributed by atoms with E-state index in [2.05, 4.69) is 11.8 Å². The van der Waals surface area contributed by atoms with Crippen LogP contribution in [0.5, 0.6) is 5.75 Å². The minimum atomic E-state index is -0.921. The molecule has 1 fully saturated rings. The second kappa shape index (κ2) is 8.00. The first-order chi connectivity index (χ1) is 10.2. The van der Waals surface area contributed by atoms with Crippen molar-refractivity contribution in [3.63, 3.8) is 0 Å². The Balaban J connectivity index is 1.72. The number of nitrogens with zero attached hydrogens (tertiary/aromatic N) is 1. The van der Waals surface area contributed by atoms with Crippen molar-refractivity contribution in [2.45, 2.75) is 25.9 Å². The molecular formula is C16H23NO4. The lowest BCUT2D eigenvalue weighted by Crippen LogP contribution is -2.35. The minimum Gasteiger partial charge on any atom is -0.492 e. The van der Waals surface area contributed by atoms with E-state index in [0.29, 0.717) is 18.5 Å². The van der Waals surface area contributed by atoms with Gasteiger partial charge in [0.25, 0.3) is 0 Å². The van der Waals surface area contributed by atoms with Crippen LogP contribution in [0.2, 0.25) is 0 Å². The molecule has 1 aliphatic rings. The minimum absolute atomic E-state index is 0.274. The van der Waals surface area contributed by atoms with Crippen molar-refractivity contribution in [2.24, 2.45) is 0 Å². The molecule has 0 radical (unpaired) electrons. The van der Waals surface area contributed by atoms with E-state index in [1.165, 1.54) is 0 Å². The third-order valence-corrected chi connectivity index (χ3v) is 3.71. The standard InChI is InChI=1S/C16H23NO4/c1-2-17(12-15-4-3-10-20-15)9-11-21-14-7-5-13(6-8-14)16(18)19/h5-8,15H,2-4,9-12H2,1H3,(H,18,19). The van der Waals surface area contributed by atoms with Crippen LogP contribution in [0, 0.1) is 0 Å². The molecule has 0 aromatic heterocycles. The first-order valence-electron chi connectivity index (χ1n) is 7.49. The molecule has 1 heterocycles. The number of likely N-dealkylation sites (N-methyl/N-ethyl adjacent to an activating group) is 1. The highest BCUT2D eigenvalue weighted by atomic mass is 16.5. The zero-order chi connectivity index (χ0) is 15.1. The van der Waals surface area contributed by atoms with E-state index in [4.69, 9.17) is 14.6 Å². The predicted octanol–water partition coefficient (Wildman–Crippen LogP) is 2.26. The lowest BCUT2D eigenvalue weighted by Gasteiger charge is -2.23. The van der Waals surface area contributed by atoms with E-state index in [-0.39, 0.29) is 5.56 Å². The lowest BCUT2D eigenvalue weighted by atomic mass is 10.2.